The molecule has 1 aliphatic carbocycles. The predicted octanol–water partition coefficient (Wildman–Crippen LogP) is 2.70. The summed E-state index contributed by atoms with van der Waals surface area (Å²) in [6.45, 7) is 0.255. The Kier molecular flexibility index (Phi) is 7.79. The molecule has 0 saturated heterocycles. The van der Waals surface area contributed by atoms with Crippen LogP contribution in [0.5, 0.6) is 0 Å². The lowest BCUT2D eigenvalue weighted by molar-refractivity contribution is 0.0961. The van der Waals surface area contributed by atoms with Gasteiger partial charge in [-0.25, -0.2) is 0 Å². The fourth-order valence-electron chi connectivity index (χ4n) is 3.03. The van der Waals surface area contributed by atoms with Gasteiger partial charge in [-0.05, 0) is 11.6 Å². The van der Waals surface area contributed by atoms with Crippen molar-refractivity contribution in [3.63, 3.8) is 0 Å². The van der Waals surface area contributed by atoms with E-state index < -0.39 is 17.4 Å². The number of aromatic nitrogens is 1. The molecule has 1 aromatic heterocycles. The van der Waals surface area contributed by atoms with E-state index in [2.05, 4.69) is 5.32 Å². The Morgan fingerprint density at radius 2 is 1.59 bits per heavy atom. The standard InChI is InChI=1S/C15H15N3O3.C6H12/c1-17-14(20)12-7-11(13(16)19)9-18(15(12)21)8-10-5-3-2-4-6-10;1-2-4-6-5-3-1/h2-7,9H,8H2,1H3,(H2,16,19)(H,17,20);1-6H2. The van der Waals surface area contributed by atoms with Crippen molar-refractivity contribution in [3.05, 3.63) is 69.6 Å². The maximum absolute atomic E-state index is 12.3. The minimum absolute atomic E-state index is 0.107. The van der Waals surface area contributed by atoms with E-state index in [9.17, 15) is 14.4 Å². The lowest BCUT2D eigenvalue weighted by Gasteiger charge is -2.10. The summed E-state index contributed by atoms with van der Waals surface area (Å²) in [5.41, 5.74) is 5.67. The van der Waals surface area contributed by atoms with Gasteiger partial charge in [0.15, 0.2) is 0 Å². The summed E-state index contributed by atoms with van der Waals surface area (Å²) in [7, 11) is 1.42. The number of hydrogen-bond donors (Lipinski definition) is 2. The van der Waals surface area contributed by atoms with Crippen LogP contribution in [0, 0.1) is 0 Å². The van der Waals surface area contributed by atoms with Gasteiger partial charge in [0.05, 0.1) is 12.1 Å². The number of primary amides is 1. The van der Waals surface area contributed by atoms with Crippen LogP contribution >= 0.6 is 0 Å². The summed E-state index contributed by atoms with van der Waals surface area (Å²) in [5, 5.41) is 2.37. The highest BCUT2D eigenvalue weighted by atomic mass is 16.2. The average Bonchev–Trinajstić information content (AvgIpc) is 2.71. The third kappa shape index (κ3) is 6.09. The number of rotatable bonds is 4. The van der Waals surface area contributed by atoms with Gasteiger partial charge in [0.2, 0.25) is 5.91 Å². The van der Waals surface area contributed by atoms with E-state index >= 15 is 0 Å². The van der Waals surface area contributed by atoms with Crippen molar-refractivity contribution < 1.29 is 9.59 Å². The summed E-state index contributed by atoms with van der Waals surface area (Å²) < 4.78 is 1.31. The number of nitrogens with one attached hydrogen (secondary N) is 1. The van der Waals surface area contributed by atoms with E-state index in [0.717, 1.165) is 5.56 Å². The number of pyridine rings is 1. The van der Waals surface area contributed by atoms with E-state index in [4.69, 9.17) is 5.73 Å². The van der Waals surface area contributed by atoms with Crippen LogP contribution in [0.4, 0.5) is 0 Å². The van der Waals surface area contributed by atoms with E-state index in [1.54, 1.807) is 0 Å². The summed E-state index contributed by atoms with van der Waals surface area (Å²) in [5.74, 6) is -1.24. The minimum atomic E-state index is -0.693. The normalized spacial score (nSPS) is 13.2. The van der Waals surface area contributed by atoms with Gasteiger partial charge in [-0.2, -0.15) is 0 Å². The van der Waals surface area contributed by atoms with E-state index in [0.29, 0.717) is 0 Å². The number of carbonyl (C=O) groups is 2. The fraction of sp³-hybridized carbons (Fsp3) is 0.381. The molecule has 0 spiro atoms. The Hall–Kier alpha value is -2.89. The number of nitrogens with zero attached hydrogens (tertiary/aromatic N) is 1. The molecule has 1 saturated carbocycles. The third-order valence-corrected chi connectivity index (χ3v) is 4.54. The van der Waals surface area contributed by atoms with Crippen molar-refractivity contribution in [2.75, 3.05) is 7.05 Å². The molecule has 1 heterocycles. The molecule has 3 rings (SSSR count). The Morgan fingerprint density at radius 1 is 1.04 bits per heavy atom. The van der Waals surface area contributed by atoms with Gasteiger partial charge < -0.3 is 15.6 Å². The molecule has 144 valence electrons. The largest absolute Gasteiger partial charge is 0.366 e. The predicted molar refractivity (Wildman–Crippen MR) is 106 cm³/mol. The van der Waals surface area contributed by atoms with Gasteiger partial charge >= 0.3 is 0 Å². The minimum Gasteiger partial charge on any atom is -0.366 e. The number of nitrogens with two attached hydrogens (primary N) is 1. The van der Waals surface area contributed by atoms with Crippen LogP contribution in [0.25, 0.3) is 0 Å². The molecule has 0 bridgehead atoms. The van der Waals surface area contributed by atoms with Gasteiger partial charge in [0.25, 0.3) is 11.5 Å². The molecule has 6 heteroatoms. The van der Waals surface area contributed by atoms with Crippen molar-refractivity contribution in [1.29, 1.82) is 0 Å². The Bertz CT molecular complexity index is 813. The number of amides is 2. The second-order valence-electron chi connectivity index (χ2n) is 6.63. The van der Waals surface area contributed by atoms with E-state index in [1.807, 2.05) is 30.3 Å². The van der Waals surface area contributed by atoms with Crippen molar-refractivity contribution in [2.24, 2.45) is 5.73 Å². The summed E-state index contributed by atoms with van der Waals surface area (Å²) in [6.07, 6.45) is 10.4. The van der Waals surface area contributed by atoms with Crippen molar-refractivity contribution in [2.45, 2.75) is 45.1 Å². The van der Waals surface area contributed by atoms with E-state index in [1.165, 1.54) is 62.4 Å². The van der Waals surface area contributed by atoms with Gasteiger partial charge in [-0.15, -0.1) is 0 Å². The average molecular weight is 369 g/mol. The Balaban J connectivity index is 0.000000369. The molecule has 1 aromatic carbocycles. The lowest BCUT2D eigenvalue weighted by atomic mass is 10.0. The van der Waals surface area contributed by atoms with Crippen molar-refractivity contribution >= 4 is 11.8 Å². The maximum Gasteiger partial charge on any atom is 0.263 e. The molecule has 1 fully saturated rings. The molecule has 27 heavy (non-hydrogen) atoms. The fourth-order valence-corrected chi connectivity index (χ4v) is 3.03. The van der Waals surface area contributed by atoms with Gasteiger partial charge in [0, 0.05) is 13.2 Å². The monoisotopic (exact) mass is 369 g/mol. The molecule has 6 nitrogen and oxygen atoms in total. The van der Waals surface area contributed by atoms with Crippen LogP contribution in [0.3, 0.4) is 0 Å². The summed E-state index contributed by atoms with van der Waals surface area (Å²) in [4.78, 5) is 35.4. The zero-order valence-corrected chi connectivity index (χ0v) is 15.7. The molecule has 0 radical (unpaired) electrons. The Labute approximate surface area is 159 Å². The highest BCUT2D eigenvalue weighted by Gasteiger charge is 2.15. The molecule has 1 aliphatic rings. The molecular formula is C21H27N3O3. The summed E-state index contributed by atoms with van der Waals surface area (Å²) in [6, 6.07) is 10.5. The molecule has 0 aliphatic heterocycles. The molecule has 0 atom stereocenters. The van der Waals surface area contributed by atoms with Gasteiger partial charge in [-0.1, -0.05) is 68.9 Å². The molecular weight excluding hydrogens is 342 g/mol. The third-order valence-electron chi connectivity index (χ3n) is 4.54. The first-order chi connectivity index (χ1) is 13.0. The first-order valence-corrected chi connectivity index (χ1v) is 9.33. The van der Waals surface area contributed by atoms with Crippen molar-refractivity contribution in [3.8, 4) is 0 Å². The van der Waals surface area contributed by atoms with Gasteiger partial charge in [0.1, 0.15) is 5.56 Å². The first-order valence-electron chi connectivity index (χ1n) is 9.33. The molecule has 0 unspecified atom stereocenters. The topological polar surface area (TPSA) is 94.2 Å². The van der Waals surface area contributed by atoms with Crippen LogP contribution < -0.4 is 16.6 Å². The highest BCUT2D eigenvalue weighted by molar-refractivity contribution is 5.98. The first kappa shape index (κ1) is 20.4. The summed E-state index contributed by atoms with van der Waals surface area (Å²) >= 11 is 0. The van der Waals surface area contributed by atoms with Gasteiger partial charge in [-0.3, -0.25) is 14.4 Å². The maximum atomic E-state index is 12.3. The SMILES string of the molecule is C1CCCCC1.CNC(=O)c1cc(C(N)=O)cn(Cc2ccccc2)c1=O. The molecule has 2 aromatic rings. The van der Waals surface area contributed by atoms with Crippen LogP contribution in [-0.2, 0) is 6.54 Å². The van der Waals surface area contributed by atoms with E-state index in [-0.39, 0.29) is 17.7 Å². The highest BCUT2D eigenvalue weighted by Crippen LogP contribution is 2.15. The van der Waals surface area contributed by atoms with Crippen LogP contribution in [0.15, 0.2) is 47.4 Å². The second-order valence-corrected chi connectivity index (χ2v) is 6.63. The second kappa shape index (κ2) is 10.3. The van der Waals surface area contributed by atoms with Crippen LogP contribution in [-0.4, -0.2) is 23.4 Å². The van der Waals surface area contributed by atoms with Crippen molar-refractivity contribution in [1.82, 2.24) is 9.88 Å². The lowest BCUT2D eigenvalue weighted by Crippen LogP contribution is -2.33. The Morgan fingerprint density at radius 3 is 2.07 bits per heavy atom. The zero-order valence-electron chi connectivity index (χ0n) is 15.7. The smallest absolute Gasteiger partial charge is 0.263 e. The van der Waals surface area contributed by atoms with Crippen LogP contribution in [0.2, 0.25) is 0 Å². The quantitative estimate of drug-likeness (QED) is 0.867. The number of benzene rings is 1. The molecule has 2 amide bonds. The zero-order chi connectivity index (χ0) is 19.6. The van der Waals surface area contributed by atoms with Crippen LogP contribution in [0.1, 0.15) is 64.8 Å². The number of carbonyl (C=O) groups excluding carboxylic acids is 2. The molecule has 3 N–H and O–H groups in total. The number of hydrogen-bond acceptors (Lipinski definition) is 3.